The number of carboxylic acid groups (broad SMARTS) is 3. The second-order valence-corrected chi connectivity index (χ2v) is 3.89. The minimum atomic E-state index is -4.89. The number of carbonyl (C=O) groups is 3. The van der Waals surface area contributed by atoms with Crippen LogP contribution in [0.1, 0.15) is 12.8 Å². The number of aliphatic hydroxyl groups is 1. The van der Waals surface area contributed by atoms with Crippen LogP contribution < -0.4 is 138 Å². The van der Waals surface area contributed by atoms with E-state index >= 15 is 0 Å². The summed E-state index contributed by atoms with van der Waals surface area (Å²) in [5.41, 5.74) is -2.97. The normalized spacial score (nSPS) is 8.00. The first-order valence-corrected chi connectivity index (χ1v) is 5.41. The molecule has 0 radical (unpaired) electrons. The molecule has 9 N–H and O–H groups in total. The number of rotatable bonds is 5. The van der Waals surface area contributed by atoms with Crippen molar-refractivity contribution in [1.82, 2.24) is 0 Å². The molecule has 0 aliphatic carbocycles. The second kappa shape index (κ2) is 26.4. The SMILES string of the molecule is O.O.O.O=C([O-])CC(O)(CC(=O)[O-])C(=O)[O-].O=P([O-])(O)O.[Na+].[Na+].[Na+].[Na+]. The van der Waals surface area contributed by atoms with Crippen molar-refractivity contribution in [2.45, 2.75) is 18.4 Å². The molecule has 0 aromatic heterocycles. The fraction of sp³-hybridized carbons (Fsp3) is 0.500. The number of hydrogen-bond donors (Lipinski definition) is 3. The number of hydrogen-bond acceptors (Lipinski definition) is 9. The van der Waals surface area contributed by atoms with E-state index in [0.717, 1.165) is 0 Å². The first kappa shape index (κ1) is 56.4. The van der Waals surface area contributed by atoms with Gasteiger partial charge in [0.05, 0.1) is 5.97 Å². The van der Waals surface area contributed by atoms with Crippen molar-refractivity contribution < 1.29 is 189 Å². The van der Waals surface area contributed by atoms with Crippen LogP contribution in [0.25, 0.3) is 0 Å². The van der Waals surface area contributed by atoms with Gasteiger partial charge in [-0.05, 0) is 0 Å². The summed E-state index contributed by atoms with van der Waals surface area (Å²) in [6.45, 7) is 0. The van der Waals surface area contributed by atoms with Crippen molar-refractivity contribution in [3.8, 4) is 0 Å². The summed E-state index contributed by atoms with van der Waals surface area (Å²) in [6.07, 6.45) is -2.72. The maximum Gasteiger partial charge on any atom is 1.00 e. The van der Waals surface area contributed by atoms with Gasteiger partial charge < -0.3 is 65.9 Å². The van der Waals surface area contributed by atoms with Crippen molar-refractivity contribution in [2.75, 3.05) is 0 Å². The molecular formula is C6H13Na4O14P. The van der Waals surface area contributed by atoms with Crippen molar-refractivity contribution in [3.63, 3.8) is 0 Å². The zero-order valence-electron chi connectivity index (χ0n) is 14.0. The first-order valence-electron chi connectivity index (χ1n) is 3.88. The average molecular weight is 432 g/mol. The summed E-state index contributed by atoms with van der Waals surface area (Å²) in [5, 5.41) is 38.9. The van der Waals surface area contributed by atoms with E-state index in [1.165, 1.54) is 0 Å². The van der Waals surface area contributed by atoms with Gasteiger partial charge in [-0.3, -0.25) is 4.57 Å². The Bertz CT molecular complexity index is 361. The Balaban J connectivity index is -0.0000000274. The van der Waals surface area contributed by atoms with Crippen LogP contribution in [0, 0.1) is 0 Å². The summed E-state index contributed by atoms with van der Waals surface area (Å²) >= 11 is 0. The molecule has 0 aromatic rings. The van der Waals surface area contributed by atoms with Gasteiger partial charge in [0.15, 0.2) is 0 Å². The molecule has 0 amide bonds. The molecule has 130 valence electrons. The van der Waals surface area contributed by atoms with Gasteiger partial charge in [-0.25, -0.2) is 0 Å². The van der Waals surface area contributed by atoms with E-state index in [1.54, 1.807) is 0 Å². The van der Waals surface area contributed by atoms with Gasteiger partial charge in [0.1, 0.15) is 5.60 Å². The van der Waals surface area contributed by atoms with Crippen molar-refractivity contribution in [2.24, 2.45) is 0 Å². The maximum atomic E-state index is 10.1. The Kier molecular flexibility index (Phi) is 59.5. The third-order valence-electron chi connectivity index (χ3n) is 1.25. The van der Waals surface area contributed by atoms with E-state index in [-0.39, 0.29) is 135 Å². The number of carbonyl (C=O) groups excluding carboxylic acids is 3. The van der Waals surface area contributed by atoms with E-state index in [0.29, 0.717) is 0 Å². The molecule has 0 heterocycles. The number of carboxylic acids is 3. The van der Waals surface area contributed by atoms with Gasteiger partial charge >= 0.3 is 118 Å². The Hall–Kier alpha value is 2.36. The summed E-state index contributed by atoms with van der Waals surface area (Å²) < 4.78 is 8.77. The monoisotopic (exact) mass is 432 g/mol. The van der Waals surface area contributed by atoms with E-state index in [2.05, 4.69) is 0 Å². The molecule has 0 bridgehead atoms. The topological polar surface area (TPSA) is 316 Å². The zero-order chi connectivity index (χ0) is 15.1. The predicted molar refractivity (Wildman–Crippen MR) is 52.1 cm³/mol. The van der Waals surface area contributed by atoms with Gasteiger partial charge in [0.25, 0.3) is 7.82 Å². The smallest absolute Gasteiger partial charge is 0.756 e. The Morgan fingerprint density at radius 2 is 0.960 bits per heavy atom. The quantitative estimate of drug-likeness (QED) is 0.270. The standard InChI is InChI=1S/C6H8O7.4Na.H3O4P.3H2O/c7-3(8)1-6(13,5(11)12)2-4(9)10;;;;;1-5(2,3)4;;;/h13H,1-2H2,(H,7,8)(H,9,10)(H,11,12);;;;;(H3,1,2,3,4);3*1H2/q;4*+1;;;;/p-4. The predicted octanol–water partition coefficient (Wildman–Crippen LogP) is -21.3. The Morgan fingerprint density at radius 3 is 1.04 bits per heavy atom. The number of aliphatic carboxylic acids is 3. The molecule has 0 saturated heterocycles. The molecule has 0 aliphatic heterocycles. The molecule has 25 heavy (non-hydrogen) atoms. The van der Waals surface area contributed by atoms with Gasteiger partial charge in [0.2, 0.25) is 0 Å². The Morgan fingerprint density at radius 1 is 0.800 bits per heavy atom. The van der Waals surface area contributed by atoms with Crippen molar-refractivity contribution in [3.05, 3.63) is 0 Å². The molecule has 0 fully saturated rings. The molecule has 0 atom stereocenters. The van der Waals surface area contributed by atoms with E-state index in [9.17, 15) is 29.7 Å². The first-order chi connectivity index (χ1) is 7.78. The van der Waals surface area contributed by atoms with Crippen molar-refractivity contribution >= 4 is 25.7 Å². The summed E-state index contributed by atoms with van der Waals surface area (Å²) in [7, 11) is -4.89. The maximum absolute atomic E-state index is 10.1. The summed E-state index contributed by atoms with van der Waals surface area (Å²) in [4.78, 5) is 52.9. The molecule has 0 saturated carbocycles. The second-order valence-electron chi connectivity index (χ2n) is 2.91. The minimum absolute atomic E-state index is 0. The van der Waals surface area contributed by atoms with Gasteiger partial charge in [-0.2, -0.15) is 0 Å². The third-order valence-corrected chi connectivity index (χ3v) is 1.25. The van der Waals surface area contributed by atoms with E-state index in [1.807, 2.05) is 0 Å². The largest absolute Gasteiger partial charge is 1.00 e. The molecule has 19 heteroatoms. The molecule has 0 aromatic carbocycles. The third kappa shape index (κ3) is 46.4. The summed E-state index contributed by atoms with van der Waals surface area (Å²) in [6, 6.07) is 0. The summed E-state index contributed by atoms with van der Waals surface area (Å²) in [5.74, 6) is -5.98. The van der Waals surface area contributed by atoms with Crippen LogP contribution in [0.2, 0.25) is 0 Å². The van der Waals surface area contributed by atoms with Gasteiger partial charge in [-0.1, -0.05) is 0 Å². The van der Waals surface area contributed by atoms with Gasteiger partial charge in [0, 0.05) is 24.8 Å². The van der Waals surface area contributed by atoms with Crippen LogP contribution in [0.5, 0.6) is 0 Å². The zero-order valence-corrected chi connectivity index (χ0v) is 22.9. The molecule has 0 aliphatic rings. The van der Waals surface area contributed by atoms with Crippen LogP contribution in [-0.4, -0.2) is 54.8 Å². The van der Waals surface area contributed by atoms with Gasteiger partial charge in [-0.15, -0.1) is 0 Å². The fourth-order valence-corrected chi connectivity index (χ4v) is 0.684. The molecule has 0 rings (SSSR count). The van der Waals surface area contributed by atoms with Crippen LogP contribution >= 0.6 is 7.82 Å². The Labute approximate surface area is 229 Å². The molecule has 14 nitrogen and oxygen atoms in total. The number of phosphoric acid groups is 1. The molecular weight excluding hydrogens is 419 g/mol. The van der Waals surface area contributed by atoms with Crippen molar-refractivity contribution in [1.29, 1.82) is 0 Å². The minimum Gasteiger partial charge on any atom is -0.756 e. The average Bonchev–Trinajstić information content (AvgIpc) is 1.95. The van der Waals surface area contributed by atoms with Crippen LogP contribution in [0.15, 0.2) is 0 Å². The van der Waals surface area contributed by atoms with Crippen LogP contribution in [-0.2, 0) is 18.9 Å². The van der Waals surface area contributed by atoms with Crippen LogP contribution in [0.4, 0.5) is 0 Å². The molecule has 0 unspecified atom stereocenters. The fourth-order valence-electron chi connectivity index (χ4n) is 0.684. The molecule has 0 spiro atoms. The van der Waals surface area contributed by atoms with E-state index < -0.39 is 44.2 Å². The van der Waals surface area contributed by atoms with Crippen LogP contribution in [0.3, 0.4) is 0 Å². The van der Waals surface area contributed by atoms with E-state index in [4.69, 9.17) is 24.4 Å².